The van der Waals surface area contributed by atoms with Crippen LogP contribution in [0.5, 0.6) is 0 Å². The highest BCUT2D eigenvalue weighted by Gasteiger charge is 2.41. The lowest BCUT2D eigenvalue weighted by Gasteiger charge is -2.41. The van der Waals surface area contributed by atoms with E-state index in [-0.39, 0.29) is 30.2 Å². The fourth-order valence-corrected chi connectivity index (χ4v) is 3.78. The van der Waals surface area contributed by atoms with Gasteiger partial charge in [0, 0.05) is 30.1 Å². The lowest BCUT2D eigenvalue weighted by Crippen LogP contribution is -2.53. The van der Waals surface area contributed by atoms with E-state index in [1.807, 2.05) is 30.3 Å². The van der Waals surface area contributed by atoms with Gasteiger partial charge in [0.2, 0.25) is 5.91 Å². The number of aliphatic hydroxyl groups is 1. The van der Waals surface area contributed by atoms with Crippen LogP contribution >= 0.6 is 0 Å². The number of carbonyl (C=O) groups excluding carboxylic acids is 1. The Labute approximate surface area is 182 Å². The van der Waals surface area contributed by atoms with Gasteiger partial charge in [-0.15, -0.1) is 0 Å². The SMILES string of the molecule is NC(=O)C1CC(N/C=C(\N)c2cc(F)c(F)c(F)c2)C(c2ccccc2)C(COCO)O1. The first kappa shape index (κ1) is 23.6. The average molecular weight is 451 g/mol. The van der Waals surface area contributed by atoms with Crippen LogP contribution in [0.2, 0.25) is 0 Å². The van der Waals surface area contributed by atoms with Crippen molar-refractivity contribution in [3.63, 3.8) is 0 Å². The summed E-state index contributed by atoms with van der Waals surface area (Å²) in [5.41, 5.74) is 12.2. The molecule has 1 heterocycles. The maximum atomic E-state index is 13.6. The molecule has 0 saturated carbocycles. The number of hydrogen-bond donors (Lipinski definition) is 4. The number of amides is 1. The van der Waals surface area contributed by atoms with E-state index in [0.717, 1.165) is 17.7 Å². The quantitative estimate of drug-likeness (QED) is 0.358. The van der Waals surface area contributed by atoms with E-state index in [0.29, 0.717) is 0 Å². The standard InChI is InChI=1S/C22H24F3N3O4/c23-14-6-13(7-15(24)21(14)25)16(26)9-28-17-8-18(22(27)30)32-19(10-31-11-29)20(17)12-4-2-1-3-5-12/h1-7,9,17-20,28-29H,8,10-11,26H2,(H2,27,30)/b16-9-. The van der Waals surface area contributed by atoms with Gasteiger partial charge in [-0.3, -0.25) is 4.79 Å². The lowest BCUT2D eigenvalue weighted by atomic mass is 9.81. The minimum absolute atomic E-state index is 0.00833. The molecule has 1 fully saturated rings. The molecule has 4 unspecified atom stereocenters. The summed E-state index contributed by atoms with van der Waals surface area (Å²) in [6.07, 6.45) is -0.0562. The van der Waals surface area contributed by atoms with Gasteiger partial charge in [0.05, 0.1) is 18.4 Å². The van der Waals surface area contributed by atoms with Crippen LogP contribution < -0.4 is 16.8 Å². The minimum atomic E-state index is -1.58. The maximum absolute atomic E-state index is 13.6. The van der Waals surface area contributed by atoms with Gasteiger partial charge in [0.1, 0.15) is 12.9 Å². The molecule has 0 aromatic heterocycles. The van der Waals surface area contributed by atoms with Crippen molar-refractivity contribution >= 4 is 11.6 Å². The van der Waals surface area contributed by atoms with Crippen LogP contribution in [0.4, 0.5) is 13.2 Å². The van der Waals surface area contributed by atoms with Gasteiger partial charge >= 0.3 is 0 Å². The summed E-state index contributed by atoms with van der Waals surface area (Å²) in [6.45, 7) is -0.541. The highest BCUT2D eigenvalue weighted by atomic mass is 19.2. The van der Waals surface area contributed by atoms with Crippen molar-refractivity contribution in [1.82, 2.24) is 5.32 Å². The monoisotopic (exact) mass is 451 g/mol. The van der Waals surface area contributed by atoms with Gasteiger partial charge in [0.15, 0.2) is 17.5 Å². The molecule has 0 aliphatic carbocycles. The Bertz CT molecular complexity index is 951. The Kier molecular flexibility index (Phi) is 7.73. The van der Waals surface area contributed by atoms with E-state index >= 15 is 0 Å². The second kappa shape index (κ2) is 10.5. The molecule has 2 aromatic carbocycles. The van der Waals surface area contributed by atoms with Gasteiger partial charge in [-0.05, 0) is 17.7 Å². The number of carbonyl (C=O) groups is 1. The molecule has 1 saturated heterocycles. The van der Waals surface area contributed by atoms with Crippen molar-refractivity contribution in [2.24, 2.45) is 11.5 Å². The highest BCUT2D eigenvalue weighted by molar-refractivity contribution is 5.79. The largest absolute Gasteiger partial charge is 0.397 e. The predicted octanol–water partition coefficient (Wildman–Crippen LogP) is 1.71. The molecule has 0 bridgehead atoms. The van der Waals surface area contributed by atoms with E-state index in [1.165, 1.54) is 6.20 Å². The number of rotatable bonds is 8. The first-order chi connectivity index (χ1) is 15.3. The molecule has 1 aliphatic rings. The zero-order valence-electron chi connectivity index (χ0n) is 17.0. The molecule has 10 heteroatoms. The van der Waals surface area contributed by atoms with Crippen LogP contribution in [0.25, 0.3) is 5.70 Å². The van der Waals surface area contributed by atoms with E-state index in [1.54, 1.807) is 0 Å². The van der Waals surface area contributed by atoms with Crippen LogP contribution in [0, 0.1) is 17.5 Å². The van der Waals surface area contributed by atoms with Crippen LogP contribution in [0.15, 0.2) is 48.7 Å². The third kappa shape index (κ3) is 5.39. The Morgan fingerprint density at radius 3 is 2.44 bits per heavy atom. The van der Waals surface area contributed by atoms with Gasteiger partial charge in [0.25, 0.3) is 0 Å². The Hall–Kier alpha value is -3.08. The average Bonchev–Trinajstić information content (AvgIpc) is 2.79. The van der Waals surface area contributed by atoms with E-state index < -0.39 is 48.4 Å². The van der Waals surface area contributed by atoms with Gasteiger partial charge in [-0.2, -0.15) is 0 Å². The molecular formula is C22H24F3N3O4. The molecule has 32 heavy (non-hydrogen) atoms. The Balaban J connectivity index is 1.92. The van der Waals surface area contributed by atoms with Gasteiger partial charge < -0.3 is 31.4 Å². The van der Waals surface area contributed by atoms with E-state index in [2.05, 4.69) is 5.32 Å². The smallest absolute Gasteiger partial charge is 0.246 e. The molecule has 6 N–H and O–H groups in total. The fraction of sp³-hybridized carbons (Fsp3) is 0.318. The predicted molar refractivity (Wildman–Crippen MR) is 110 cm³/mol. The fourth-order valence-electron chi connectivity index (χ4n) is 3.78. The van der Waals surface area contributed by atoms with Crippen LogP contribution in [0.1, 0.15) is 23.5 Å². The van der Waals surface area contributed by atoms with Crippen molar-refractivity contribution < 1.29 is 32.5 Å². The van der Waals surface area contributed by atoms with E-state index in [4.69, 9.17) is 26.0 Å². The molecule has 0 radical (unpaired) electrons. The van der Waals surface area contributed by atoms with Crippen LogP contribution in [-0.4, -0.2) is 42.7 Å². The number of benzene rings is 2. The van der Waals surface area contributed by atoms with Crippen molar-refractivity contribution in [2.45, 2.75) is 30.6 Å². The van der Waals surface area contributed by atoms with E-state index in [9.17, 15) is 18.0 Å². The summed E-state index contributed by atoms with van der Waals surface area (Å²) in [5, 5.41) is 12.1. The molecule has 172 valence electrons. The maximum Gasteiger partial charge on any atom is 0.246 e. The van der Waals surface area contributed by atoms with Crippen LogP contribution in [0.3, 0.4) is 0 Å². The zero-order valence-corrected chi connectivity index (χ0v) is 17.0. The van der Waals surface area contributed by atoms with Crippen molar-refractivity contribution in [3.8, 4) is 0 Å². The number of aliphatic hydroxyl groups excluding tert-OH is 1. The Morgan fingerprint density at radius 1 is 1.19 bits per heavy atom. The third-order valence-corrected chi connectivity index (χ3v) is 5.29. The summed E-state index contributed by atoms with van der Waals surface area (Å²) in [5.74, 6) is -5.32. The first-order valence-electron chi connectivity index (χ1n) is 9.86. The molecule has 1 aliphatic heterocycles. The zero-order chi connectivity index (χ0) is 23.3. The normalized spacial score (nSPS) is 23.7. The van der Waals surface area contributed by atoms with Crippen molar-refractivity contribution in [2.75, 3.05) is 13.4 Å². The highest BCUT2D eigenvalue weighted by Crippen LogP contribution is 2.34. The third-order valence-electron chi connectivity index (χ3n) is 5.29. The molecule has 4 atom stereocenters. The van der Waals surface area contributed by atoms with Crippen molar-refractivity contribution in [1.29, 1.82) is 0 Å². The number of hydrogen-bond acceptors (Lipinski definition) is 6. The summed E-state index contributed by atoms with van der Waals surface area (Å²) in [7, 11) is 0. The topological polar surface area (TPSA) is 120 Å². The number of primary amides is 1. The molecule has 2 aromatic rings. The summed E-state index contributed by atoms with van der Waals surface area (Å²) >= 11 is 0. The Morgan fingerprint density at radius 2 is 1.84 bits per heavy atom. The van der Waals surface area contributed by atoms with Crippen LogP contribution in [-0.2, 0) is 14.3 Å². The lowest BCUT2D eigenvalue weighted by molar-refractivity contribution is -0.152. The molecule has 0 spiro atoms. The summed E-state index contributed by atoms with van der Waals surface area (Å²) < 4.78 is 51.3. The van der Waals surface area contributed by atoms with Crippen molar-refractivity contribution in [3.05, 3.63) is 77.2 Å². The summed E-state index contributed by atoms with van der Waals surface area (Å²) in [6, 6.07) is 10.4. The first-order valence-corrected chi connectivity index (χ1v) is 9.86. The molecular weight excluding hydrogens is 427 g/mol. The van der Waals surface area contributed by atoms with Gasteiger partial charge in [-0.25, -0.2) is 13.2 Å². The second-order valence-electron chi connectivity index (χ2n) is 7.36. The molecule has 1 amide bonds. The number of nitrogens with two attached hydrogens (primary N) is 2. The summed E-state index contributed by atoms with van der Waals surface area (Å²) in [4.78, 5) is 11.8. The minimum Gasteiger partial charge on any atom is -0.397 e. The number of ether oxygens (including phenoxy) is 2. The number of halogens is 3. The molecule has 7 nitrogen and oxygen atoms in total. The molecule has 3 rings (SSSR count). The second-order valence-corrected chi connectivity index (χ2v) is 7.36. The number of nitrogens with one attached hydrogen (secondary N) is 1. The van der Waals surface area contributed by atoms with Gasteiger partial charge in [-0.1, -0.05) is 30.3 Å².